The van der Waals surface area contributed by atoms with Gasteiger partial charge in [0.15, 0.2) is 11.5 Å². The third kappa shape index (κ3) is 4.43. The van der Waals surface area contributed by atoms with Crippen molar-refractivity contribution in [3.63, 3.8) is 0 Å². The van der Waals surface area contributed by atoms with Crippen LogP contribution in [0.2, 0.25) is 0 Å². The van der Waals surface area contributed by atoms with E-state index >= 15 is 0 Å². The number of ether oxygens (including phenoxy) is 2. The molecule has 10 heteroatoms. The second kappa shape index (κ2) is 7.89. The van der Waals surface area contributed by atoms with E-state index in [1.54, 1.807) is 18.2 Å². The van der Waals surface area contributed by atoms with Gasteiger partial charge in [-0.2, -0.15) is 4.99 Å². The predicted octanol–water partition coefficient (Wildman–Crippen LogP) is 1.03. The van der Waals surface area contributed by atoms with Crippen molar-refractivity contribution in [2.24, 2.45) is 15.7 Å². The number of rotatable bonds is 4. The van der Waals surface area contributed by atoms with Gasteiger partial charge in [-0.1, -0.05) is 18.2 Å². The summed E-state index contributed by atoms with van der Waals surface area (Å²) in [5, 5.41) is 8.11. The number of carbonyl (C=O) groups excluding carboxylic acids is 2. The van der Waals surface area contributed by atoms with Crippen molar-refractivity contribution < 1.29 is 19.1 Å². The molecule has 2 heterocycles. The Kier molecular flexibility index (Phi) is 4.97. The van der Waals surface area contributed by atoms with Crippen molar-refractivity contribution in [3.8, 4) is 11.5 Å². The number of aliphatic imine (C=N–C) groups is 2. The van der Waals surface area contributed by atoms with E-state index in [0.29, 0.717) is 17.2 Å². The quantitative estimate of drug-likeness (QED) is 0.451. The molecule has 29 heavy (non-hydrogen) atoms. The maximum Gasteiger partial charge on any atom is 0.252 e. The van der Waals surface area contributed by atoms with Crippen LogP contribution in [0.25, 0.3) is 0 Å². The number of hydrogen-bond donors (Lipinski definition) is 4. The van der Waals surface area contributed by atoms with Crippen LogP contribution in [0.4, 0.5) is 11.4 Å². The number of nitrogens with one attached hydrogen (secondary N) is 3. The molecule has 2 aromatic rings. The second-order valence-corrected chi connectivity index (χ2v) is 6.27. The zero-order valence-electron chi connectivity index (χ0n) is 15.2. The first-order chi connectivity index (χ1) is 14.1. The highest BCUT2D eigenvalue weighted by Crippen LogP contribution is 2.34. The Balaban J connectivity index is 1.36. The van der Waals surface area contributed by atoms with Crippen LogP contribution in [0.5, 0.6) is 11.5 Å². The largest absolute Gasteiger partial charge is 0.454 e. The lowest BCUT2D eigenvalue weighted by Crippen LogP contribution is -2.32. The second-order valence-electron chi connectivity index (χ2n) is 6.27. The Bertz CT molecular complexity index is 1010. The molecule has 1 atom stereocenters. The van der Waals surface area contributed by atoms with Crippen LogP contribution in [-0.2, 0) is 9.59 Å². The van der Waals surface area contributed by atoms with Crippen molar-refractivity contribution in [2.75, 3.05) is 17.4 Å². The molecule has 1 unspecified atom stereocenters. The number of fused-ring (bicyclic) bond motifs is 1. The molecule has 2 aliphatic rings. The van der Waals surface area contributed by atoms with Crippen molar-refractivity contribution in [1.82, 2.24) is 5.32 Å². The average Bonchev–Trinajstić information content (AvgIpc) is 3.28. The Morgan fingerprint density at radius 2 is 1.93 bits per heavy atom. The van der Waals surface area contributed by atoms with Gasteiger partial charge in [-0.15, -0.1) is 0 Å². The van der Waals surface area contributed by atoms with Crippen LogP contribution in [0.3, 0.4) is 0 Å². The van der Waals surface area contributed by atoms with Crippen LogP contribution < -0.4 is 31.2 Å². The highest BCUT2D eigenvalue weighted by Gasteiger charge is 2.29. The number of guanidine groups is 2. The van der Waals surface area contributed by atoms with E-state index in [1.807, 2.05) is 30.3 Å². The van der Waals surface area contributed by atoms with E-state index in [-0.39, 0.29) is 31.0 Å². The van der Waals surface area contributed by atoms with Crippen LogP contribution >= 0.6 is 0 Å². The fourth-order valence-electron chi connectivity index (χ4n) is 2.80. The van der Waals surface area contributed by atoms with Gasteiger partial charge in [0, 0.05) is 17.4 Å². The van der Waals surface area contributed by atoms with Gasteiger partial charge in [0.1, 0.15) is 6.04 Å². The molecule has 2 aliphatic heterocycles. The van der Waals surface area contributed by atoms with Gasteiger partial charge in [-0.3, -0.25) is 14.9 Å². The molecule has 0 bridgehead atoms. The SMILES string of the molecule is N/C(=N\C1=NC(CC(=O)Nc2ccc3c(c2)OCO3)C(=O)N1)Nc1ccccc1. The van der Waals surface area contributed by atoms with E-state index in [1.165, 1.54) is 0 Å². The number of carbonyl (C=O) groups is 2. The van der Waals surface area contributed by atoms with Gasteiger partial charge in [0.05, 0.1) is 6.42 Å². The lowest BCUT2D eigenvalue weighted by atomic mass is 10.2. The molecule has 10 nitrogen and oxygen atoms in total. The summed E-state index contributed by atoms with van der Waals surface area (Å²) in [6, 6.07) is 13.4. The lowest BCUT2D eigenvalue weighted by Gasteiger charge is -2.07. The zero-order valence-corrected chi connectivity index (χ0v) is 15.2. The van der Waals surface area contributed by atoms with E-state index < -0.39 is 11.9 Å². The molecule has 4 rings (SSSR count). The zero-order chi connectivity index (χ0) is 20.2. The molecule has 0 fully saturated rings. The summed E-state index contributed by atoms with van der Waals surface area (Å²) in [6.45, 7) is 0.148. The minimum absolute atomic E-state index is 0.0526. The first kappa shape index (κ1) is 18.3. The van der Waals surface area contributed by atoms with Crippen LogP contribution in [0.15, 0.2) is 58.5 Å². The number of nitrogens with zero attached hydrogens (tertiary/aromatic N) is 2. The first-order valence-corrected chi connectivity index (χ1v) is 8.81. The van der Waals surface area contributed by atoms with Gasteiger partial charge in [-0.05, 0) is 24.3 Å². The summed E-state index contributed by atoms with van der Waals surface area (Å²) >= 11 is 0. The maximum absolute atomic E-state index is 12.3. The van der Waals surface area contributed by atoms with Gasteiger partial charge in [0.25, 0.3) is 5.91 Å². The monoisotopic (exact) mass is 394 g/mol. The number of amides is 2. The van der Waals surface area contributed by atoms with Crippen molar-refractivity contribution >= 4 is 35.1 Å². The number of nitrogens with two attached hydrogens (primary N) is 1. The van der Waals surface area contributed by atoms with E-state index in [2.05, 4.69) is 25.9 Å². The summed E-state index contributed by atoms with van der Waals surface area (Å²) in [5.41, 5.74) is 7.12. The average molecular weight is 394 g/mol. The first-order valence-electron chi connectivity index (χ1n) is 8.81. The number of hydrogen-bond acceptors (Lipinski definition) is 6. The van der Waals surface area contributed by atoms with Gasteiger partial charge >= 0.3 is 0 Å². The molecule has 0 aliphatic carbocycles. The van der Waals surface area contributed by atoms with Crippen LogP contribution in [0, 0.1) is 0 Å². The molecule has 148 valence electrons. The number of benzene rings is 2. The van der Waals surface area contributed by atoms with Gasteiger partial charge < -0.3 is 25.8 Å². The van der Waals surface area contributed by atoms with E-state index in [0.717, 1.165) is 5.69 Å². The van der Waals surface area contributed by atoms with Gasteiger partial charge in [-0.25, -0.2) is 4.99 Å². The molecule has 2 aromatic carbocycles. The number of anilines is 2. The third-order valence-electron chi connectivity index (χ3n) is 4.12. The molecule has 0 aromatic heterocycles. The summed E-state index contributed by atoms with van der Waals surface area (Å²) < 4.78 is 10.5. The highest BCUT2D eigenvalue weighted by molar-refractivity contribution is 6.11. The molecule has 0 saturated heterocycles. The Labute approximate surface area is 165 Å². The third-order valence-corrected chi connectivity index (χ3v) is 4.12. The smallest absolute Gasteiger partial charge is 0.252 e. The van der Waals surface area contributed by atoms with Crippen molar-refractivity contribution in [3.05, 3.63) is 48.5 Å². The molecular weight excluding hydrogens is 376 g/mol. The summed E-state index contributed by atoms with van der Waals surface area (Å²) in [6.07, 6.45) is -0.134. The normalized spacial score (nSPS) is 17.5. The lowest BCUT2D eigenvalue weighted by molar-refractivity contribution is -0.123. The molecule has 2 amide bonds. The highest BCUT2D eigenvalue weighted by atomic mass is 16.7. The Hall–Kier alpha value is -4.08. The van der Waals surface area contributed by atoms with Crippen LogP contribution in [-0.4, -0.2) is 36.6 Å². The Morgan fingerprint density at radius 1 is 1.14 bits per heavy atom. The molecule has 5 N–H and O–H groups in total. The van der Waals surface area contributed by atoms with E-state index in [9.17, 15) is 9.59 Å². The van der Waals surface area contributed by atoms with Crippen molar-refractivity contribution in [2.45, 2.75) is 12.5 Å². The molecule has 0 saturated carbocycles. The number of para-hydroxylation sites is 1. The molecule has 0 spiro atoms. The van der Waals surface area contributed by atoms with Crippen molar-refractivity contribution in [1.29, 1.82) is 0 Å². The minimum atomic E-state index is -0.882. The Morgan fingerprint density at radius 3 is 2.76 bits per heavy atom. The predicted molar refractivity (Wildman–Crippen MR) is 107 cm³/mol. The van der Waals surface area contributed by atoms with E-state index in [4.69, 9.17) is 15.2 Å². The fraction of sp³-hybridized carbons (Fsp3) is 0.158. The van der Waals surface area contributed by atoms with Gasteiger partial charge in [0.2, 0.25) is 24.6 Å². The topological polar surface area (TPSA) is 139 Å². The minimum Gasteiger partial charge on any atom is -0.454 e. The summed E-state index contributed by atoms with van der Waals surface area (Å²) in [4.78, 5) is 32.5. The molecule has 0 radical (unpaired) electrons. The standard InChI is InChI=1S/C19H18N6O4/c20-18(22-11-4-2-1-3-5-11)25-19-23-13(17(27)24-19)9-16(26)21-12-6-7-14-15(8-12)29-10-28-14/h1-8,13H,9-10H2,(H,21,26)(H4,20,22,23,24,25,27). The maximum atomic E-state index is 12.3. The fourth-order valence-corrected chi connectivity index (χ4v) is 2.80. The summed E-state index contributed by atoms with van der Waals surface area (Å²) in [7, 11) is 0. The summed E-state index contributed by atoms with van der Waals surface area (Å²) in [5.74, 6) is 0.507. The molecular formula is C19H18N6O4. The van der Waals surface area contributed by atoms with Crippen LogP contribution in [0.1, 0.15) is 6.42 Å².